The van der Waals surface area contributed by atoms with E-state index in [9.17, 15) is 0 Å². The molecule has 4 aromatic carbocycles. The van der Waals surface area contributed by atoms with Gasteiger partial charge in [-0.25, -0.2) is 9.97 Å². The number of hydrogen-bond acceptors (Lipinski definition) is 10. The molecule has 7 rings (SSSR count). The largest absolute Gasteiger partial charge is 0.338 e. The highest BCUT2D eigenvalue weighted by Crippen LogP contribution is 2.44. The standard InChI is InChI=1S/C39H36N8S2/c1-22-17-24(3)33(25(4)18-22)42-37-34(44-45-38-43-36(46-49-38)29-13-9-8-10-14-29)26(5)21-32(41-37)47(35-27(6)19-23(2)20-28(35)7)39-40-30-15-11-12-16-31(30)48-39/h8-21H,1-7H3,(H,41,42). The molecule has 0 aliphatic rings. The fourth-order valence-corrected chi connectivity index (χ4v) is 7.82. The molecule has 10 heteroatoms. The average molecular weight is 681 g/mol. The van der Waals surface area contributed by atoms with Crippen LogP contribution >= 0.6 is 22.9 Å². The van der Waals surface area contributed by atoms with Gasteiger partial charge in [0.15, 0.2) is 16.8 Å². The molecule has 0 unspecified atom stereocenters. The van der Waals surface area contributed by atoms with Crippen molar-refractivity contribution in [3.8, 4) is 11.4 Å². The van der Waals surface area contributed by atoms with E-state index in [0.29, 0.717) is 22.5 Å². The Balaban J connectivity index is 1.40. The number of aryl methyl sites for hydroxylation is 7. The Morgan fingerprint density at radius 1 is 0.653 bits per heavy atom. The Morgan fingerprint density at radius 3 is 2.00 bits per heavy atom. The van der Waals surface area contributed by atoms with Crippen molar-refractivity contribution in [1.82, 2.24) is 19.3 Å². The molecule has 49 heavy (non-hydrogen) atoms. The van der Waals surface area contributed by atoms with Crippen molar-refractivity contribution in [2.75, 3.05) is 10.2 Å². The van der Waals surface area contributed by atoms with Crippen LogP contribution in [0.15, 0.2) is 95.2 Å². The van der Waals surface area contributed by atoms with E-state index in [2.05, 4.69) is 109 Å². The summed E-state index contributed by atoms with van der Waals surface area (Å²) in [6, 6.07) is 29.0. The minimum atomic E-state index is 0.470. The minimum absolute atomic E-state index is 0.470. The van der Waals surface area contributed by atoms with Crippen molar-refractivity contribution < 1.29 is 0 Å². The summed E-state index contributed by atoms with van der Waals surface area (Å²) >= 11 is 2.87. The Labute approximate surface area is 294 Å². The summed E-state index contributed by atoms with van der Waals surface area (Å²) in [4.78, 5) is 17.2. The van der Waals surface area contributed by atoms with Gasteiger partial charge in [0.2, 0.25) is 5.13 Å². The number of pyridine rings is 1. The van der Waals surface area contributed by atoms with Gasteiger partial charge in [-0.2, -0.15) is 9.36 Å². The third-order valence-electron chi connectivity index (χ3n) is 8.34. The molecule has 3 aromatic heterocycles. The van der Waals surface area contributed by atoms with E-state index in [-0.39, 0.29) is 0 Å². The molecule has 244 valence electrons. The fraction of sp³-hybridized carbons (Fsp3) is 0.179. The van der Waals surface area contributed by atoms with Gasteiger partial charge in [0.25, 0.3) is 0 Å². The summed E-state index contributed by atoms with van der Waals surface area (Å²) in [5.41, 5.74) is 12.4. The zero-order valence-electron chi connectivity index (χ0n) is 28.5. The lowest BCUT2D eigenvalue weighted by molar-refractivity contribution is 1.10. The zero-order valence-corrected chi connectivity index (χ0v) is 30.2. The molecule has 0 radical (unpaired) electrons. The topological polar surface area (TPSA) is 91.6 Å². The van der Waals surface area contributed by atoms with Crippen molar-refractivity contribution in [3.63, 3.8) is 0 Å². The second kappa shape index (κ2) is 13.3. The summed E-state index contributed by atoms with van der Waals surface area (Å²) in [5, 5.41) is 14.3. The number of aromatic nitrogens is 4. The van der Waals surface area contributed by atoms with Gasteiger partial charge in [0.1, 0.15) is 11.5 Å². The summed E-state index contributed by atoms with van der Waals surface area (Å²) in [6.07, 6.45) is 0. The van der Waals surface area contributed by atoms with Gasteiger partial charge in [0.05, 0.1) is 15.9 Å². The van der Waals surface area contributed by atoms with Crippen LogP contribution in [0.25, 0.3) is 21.6 Å². The van der Waals surface area contributed by atoms with Crippen LogP contribution in [0.2, 0.25) is 0 Å². The van der Waals surface area contributed by atoms with E-state index in [4.69, 9.17) is 15.1 Å². The SMILES string of the molecule is Cc1cc(C)c(Nc2nc(N(c3nc4ccccc4s3)c3c(C)cc(C)cc3C)cc(C)c2N=Nc2nc(-c3ccccc3)ns2)c(C)c1. The lowest BCUT2D eigenvalue weighted by Gasteiger charge is -2.27. The maximum Gasteiger partial charge on any atom is 0.249 e. The number of fused-ring (bicyclic) bond motifs is 1. The summed E-state index contributed by atoms with van der Waals surface area (Å²) in [7, 11) is 0. The van der Waals surface area contributed by atoms with E-state index < -0.39 is 0 Å². The normalized spacial score (nSPS) is 11.5. The number of benzene rings is 4. The predicted molar refractivity (Wildman–Crippen MR) is 205 cm³/mol. The molecule has 0 aliphatic heterocycles. The molecular formula is C39H36N8S2. The smallest absolute Gasteiger partial charge is 0.249 e. The lowest BCUT2D eigenvalue weighted by Crippen LogP contribution is -2.15. The molecule has 0 atom stereocenters. The van der Waals surface area contributed by atoms with Gasteiger partial charge >= 0.3 is 0 Å². The number of nitrogens with zero attached hydrogens (tertiary/aromatic N) is 7. The number of azo groups is 1. The second-order valence-corrected chi connectivity index (χ2v) is 14.1. The monoisotopic (exact) mass is 680 g/mol. The first-order valence-corrected chi connectivity index (χ1v) is 17.6. The number of rotatable bonds is 8. The zero-order chi connectivity index (χ0) is 34.2. The molecule has 0 amide bonds. The van der Waals surface area contributed by atoms with E-state index in [1.54, 1.807) is 11.3 Å². The molecule has 3 heterocycles. The van der Waals surface area contributed by atoms with Gasteiger partial charge < -0.3 is 5.32 Å². The highest BCUT2D eigenvalue weighted by molar-refractivity contribution is 7.22. The van der Waals surface area contributed by atoms with Crippen molar-refractivity contribution >= 4 is 72.0 Å². The highest BCUT2D eigenvalue weighted by atomic mass is 32.1. The van der Waals surface area contributed by atoms with Crippen LogP contribution in [0.3, 0.4) is 0 Å². The maximum atomic E-state index is 5.32. The second-order valence-electron chi connectivity index (χ2n) is 12.4. The molecule has 1 N–H and O–H groups in total. The highest BCUT2D eigenvalue weighted by Gasteiger charge is 2.25. The van der Waals surface area contributed by atoms with E-state index in [1.165, 1.54) is 22.7 Å². The van der Waals surface area contributed by atoms with Gasteiger partial charge in [-0.3, -0.25) is 4.90 Å². The molecule has 0 aliphatic carbocycles. The fourth-order valence-electron chi connectivity index (χ4n) is 6.31. The molecule has 0 saturated carbocycles. The molecule has 0 bridgehead atoms. The van der Waals surface area contributed by atoms with Crippen LogP contribution in [0.4, 0.5) is 39.0 Å². The summed E-state index contributed by atoms with van der Waals surface area (Å²) in [6.45, 7) is 14.8. The first-order chi connectivity index (χ1) is 23.6. The van der Waals surface area contributed by atoms with Crippen molar-refractivity contribution in [2.24, 2.45) is 10.2 Å². The van der Waals surface area contributed by atoms with Crippen LogP contribution < -0.4 is 10.2 Å². The molecule has 8 nitrogen and oxygen atoms in total. The van der Waals surface area contributed by atoms with Crippen LogP contribution in [0, 0.1) is 48.5 Å². The summed E-state index contributed by atoms with van der Waals surface area (Å²) in [5.74, 6) is 1.96. The quantitative estimate of drug-likeness (QED) is 0.161. The van der Waals surface area contributed by atoms with Gasteiger partial charge in [-0.1, -0.05) is 89.2 Å². The van der Waals surface area contributed by atoms with Gasteiger partial charge in [-0.15, -0.1) is 10.2 Å². The number of hydrogen-bond donors (Lipinski definition) is 1. The number of thiazole rings is 1. The molecule has 0 fully saturated rings. The van der Waals surface area contributed by atoms with Crippen molar-refractivity contribution in [2.45, 2.75) is 48.5 Å². The molecule has 0 saturated heterocycles. The number of anilines is 5. The number of nitrogens with one attached hydrogen (secondary N) is 1. The maximum absolute atomic E-state index is 5.32. The predicted octanol–water partition coefficient (Wildman–Crippen LogP) is 12.0. The van der Waals surface area contributed by atoms with Crippen molar-refractivity contribution in [1.29, 1.82) is 0 Å². The van der Waals surface area contributed by atoms with Crippen LogP contribution in [0.1, 0.15) is 38.9 Å². The van der Waals surface area contributed by atoms with Crippen LogP contribution in [-0.2, 0) is 0 Å². The molecule has 0 spiro atoms. The number of para-hydroxylation sites is 1. The van der Waals surface area contributed by atoms with E-state index in [0.717, 1.165) is 65.9 Å². The van der Waals surface area contributed by atoms with Gasteiger partial charge in [0, 0.05) is 22.8 Å². The lowest BCUT2D eigenvalue weighted by atomic mass is 10.0. The Bertz CT molecular complexity index is 2280. The van der Waals surface area contributed by atoms with E-state index >= 15 is 0 Å². The molecular weight excluding hydrogens is 645 g/mol. The Morgan fingerprint density at radius 2 is 1.31 bits per heavy atom. The van der Waals surface area contributed by atoms with Crippen LogP contribution in [-0.4, -0.2) is 19.3 Å². The van der Waals surface area contributed by atoms with E-state index in [1.807, 2.05) is 49.4 Å². The third kappa shape index (κ3) is 6.57. The first kappa shape index (κ1) is 32.2. The molecule has 7 aromatic rings. The van der Waals surface area contributed by atoms with Gasteiger partial charge in [-0.05, 0) is 94.5 Å². The van der Waals surface area contributed by atoms with Crippen LogP contribution in [0.5, 0.6) is 0 Å². The Kier molecular flexibility index (Phi) is 8.75. The summed E-state index contributed by atoms with van der Waals surface area (Å²) < 4.78 is 5.63. The third-order valence-corrected chi connectivity index (χ3v) is 9.96. The first-order valence-electron chi connectivity index (χ1n) is 16.1. The average Bonchev–Trinajstić information content (AvgIpc) is 3.71. The Hall–Kier alpha value is -5.32. The van der Waals surface area contributed by atoms with Crippen molar-refractivity contribution in [3.05, 3.63) is 124 Å². The minimum Gasteiger partial charge on any atom is -0.338 e.